The summed E-state index contributed by atoms with van der Waals surface area (Å²) in [7, 11) is -2.86. The van der Waals surface area contributed by atoms with Crippen molar-refractivity contribution in [1.29, 1.82) is 0 Å². The molecule has 0 aliphatic rings. The van der Waals surface area contributed by atoms with Gasteiger partial charge in [-0.2, -0.15) is 0 Å². The van der Waals surface area contributed by atoms with Crippen molar-refractivity contribution in [2.24, 2.45) is 11.7 Å². The fourth-order valence-electron chi connectivity index (χ4n) is 1.91. The summed E-state index contributed by atoms with van der Waals surface area (Å²) in [6, 6.07) is 8.07. The molecule has 0 heterocycles. The smallest absolute Gasteiger partial charge is 0.147 e. The van der Waals surface area contributed by atoms with Crippen molar-refractivity contribution >= 4 is 25.8 Å². The molecule has 0 aromatic heterocycles. The van der Waals surface area contributed by atoms with Crippen LogP contribution in [0.15, 0.2) is 28.7 Å². The molecular formula is C13H20BrNO2S. The third kappa shape index (κ3) is 5.98. The van der Waals surface area contributed by atoms with E-state index in [2.05, 4.69) is 22.0 Å². The molecule has 0 saturated heterocycles. The molecule has 2 N–H and O–H groups in total. The number of hydrogen-bond acceptors (Lipinski definition) is 3. The number of benzene rings is 1. The molecule has 0 radical (unpaired) electrons. The van der Waals surface area contributed by atoms with E-state index in [1.54, 1.807) is 0 Å². The second kappa shape index (κ2) is 7.26. The van der Waals surface area contributed by atoms with Crippen LogP contribution in [0.2, 0.25) is 0 Å². The average Bonchev–Trinajstić information content (AvgIpc) is 2.29. The minimum atomic E-state index is -2.86. The third-order valence-corrected chi connectivity index (χ3v) is 4.73. The molecule has 0 spiro atoms. The molecule has 0 fully saturated rings. The van der Waals surface area contributed by atoms with Gasteiger partial charge in [-0.25, -0.2) is 8.42 Å². The summed E-state index contributed by atoms with van der Waals surface area (Å²) in [5.41, 5.74) is 6.98. The molecule has 0 amide bonds. The summed E-state index contributed by atoms with van der Waals surface area (Å²) in [6.45, 7) is 0.588. The van der Waals surface area contributed by atoms with Crippen LogP contribution in [0.1, 0.15) is 18.4 Å². The summed E-state index contributed by atoms with van der Waals surface area (Å²) < 4.78 is 23.2. The van der Waals surface area contributed by atoms with Crippen LogP contribution in [-0.4, -0.2) is 27.0 Å². The lowest BCUT2D eigenvalue weighted by Gasteiger charge is -2.15. The van der Waals surface area contributed by atoms with Crippen molar-refractivity contribution in [2.75, 3.05) is 18.6 Å². The van der Waals surface area contributed by atoms with Gasteiger partial charge in [0, 0.05) is 16.5 Å². The zero-order chi connectivity index (χ0) is 13.6. The first-order valence-corrected chi connectivity index (χ1v) is 8.89. The Morgan fingerprint density at radius 3 is 2.56 bits per heavy atom. The van der Waals surface area contributed by atoms with Gasteiger partial charge in [-0.15, -0.1) is 0 Å². The monoisotopic (exact) mass is 333 g/mol. The van der Waals surface area contributed by atoms with E-state index in [1.165, 1.54) is 11.8 Å². The Hall–Kier alpha value is -0.390. The second-order valence-corrected chi connectivity index (χ2v) is 7.78. The lowest BCUT2D eigenvalue weighted by molar-refractivity contribution is 0.485. The first-order valence-electron chi connectivity index (χ1n) is 6.03. The first kappa shape index (κ1) is 15.7. The predicted octanol–water partition coefficient (Wildman–Crippen LogP) is 2.39. The SMILES string of the molecule is CS(=O)(=O)CCCC(CN)Cc1ccccc1Br. The van der Waals surface area contributed by atoms with Crippen LogP contribution < -0.4 is 5.73 Å². The quantitative estimate of drug-likeness (QED) is 0.833. The van der Waals surface area contributed by atoms with Crippen LogP contribution in [0, 0.1) is 5.92 Å². The topological polar surface area (TPSA) is 60.2 Å². The van der Waals surface area contributed by atoms with Gasteiger partial charge in [-0.3, -0.25) is 0 Å². The van der Waals surface area contributed by atoms with Gasteiger partial charge in [-0.05, 0) is 43.4 Å². The normalized spacial score (nSPS) is 13.5. The highest BCUT2D eigenvalue weighted by Gasteiger charge is 2.11. The zero-order valence-electron chi connectivity index (χ0n) is 10.6. The highest BCUT2D eigenvalue weighted by atomic mass is 79.9. The van der Waals surface area contributed by atoms with Gasteiger partial charge < -0.3 is 5.73 Å². The van der Waals surface area contributed by atoms with E-state index < -0.39 is 9.84 Å². The molecule has 0 aliphatic heterocycles. The summed E-state index contributed by atoms with van der Waals surface area (Å²) in [6.07, 6.45) is 3.70. The summed E-state index contributed by atoms with van der Waals surface area (Å²) in [4.78, 5) is 0. The molecule has 0 saturated carbocycles. The number of nitrogens with two attached hydrogens (primary N) is 1. The van der Waals surface area contributed by atoms with Crippen LogP contribution in [0.5, 0.6) is 0 Å². The Bertz CT molecular complexity index is 474. The molecule has 1 unspecified atom stereocenters. The summed E-state index contributed by atoms with van der Waals surface area (Å²) in [5.74, 6) is 0.588. The van der Waals surface area contributed by atoms with E-state index in [0.29, 0.717) is 18.9 Å². The molecule has 5 heteroatoms. The summed E-state index contributed by atoms with van der Waals surface area (Å²) in [5, 5.41) is 0. The Morgan fingerprint density at radius 2 is 2.00 bits per heavy atom. The molecule has 1 aromatic rings. The Kier molecular flexibility index (Phi) is 6.32. The van der Waals surface area contributed by atoms with Crippen molar-refractivity contribution in [3.8, 4) is 0 Å². The largest absolute Gasteiger partial charge is 0.330 e. The van der Waals surface area contributed by atoms with Gasteiger partial charge in [0.2, 0.25) is 0 Å². The molecule has 1 aromatic carbocycles. The number of halogens is 1. The third-order valence-electron chi connectivity index (χ3n) is 2.93. The molecular weight excluding hydrogens is 314 g/mol. The maximum absolute atomic E-state index is 11.1. The standard InChI is InChI=1S/C13H20BrNO2S/c1-18(16,17)8-4-5-11(10-15)9-12-6-2-3-7-13(12)14/h2-3,6-7,11H,4-5,8-10,15H2,1H3. The fraction of sp³-hybridized carbons (Fsp3) is 0.538. The van der Waals surface area contributed by atoms with Gasteiger partial charge >= 0.3 is 0 Å². The molecule has 0 bridgehead atoms. The summed E-state index contributed by atoms with van der Waals surface area (Å²) >= 11 is 3.52. The predicted molar refractivity (Wildman–Crippen MR) is 79.3 cm³/mol. The lowest BCUT2D eigenvalue weighted by atomic mass is 9.95. The highest BCUT2D eigenvalue weighted by molar-refractivity contribution is 9.10. The van der Waals surface area contributed by atoms with E-state index in [4.69, 9.17) is 5.73 Å². The molecule has 3 nitrogen and oxygen atoms in total. The van der Waals surface area contributed by atoms with E-state index in [0.717, 1.165) is 17.3 Å². The van der Waals surface area contributed by atoms with Crippen molar-refractivity contribution in [3.63, 3.8) is 0 Å². The van der Waals surface area contributed by atoms with Gasteiger partial charge in [0.25, 0.3) is 0 Å². The van der Waals surface area contributed by atoms with E-state index in [1.807, 2.05) is 18.2 Å². The Balaban J connectivity index is 2.50. The van der Waals surface area contributed by atoms with Crippen LogP contribution in [0.4, 0.5) is 0 Å². The van der Waals surface area contributed by atoms with E-state index in [-0.39, 0.29) is 5.75 Å². The van der Waals surface area contributed by atoms with Crippen LogP contribution in [0.25, 0.3) is 0 Å². The van der Waals surface area contributed by atoms with Crippen molar-refractivity contribution in [3.05, 3.63) is 34.3 Å². The van der Waals surface area contributed by atoms with Gasteiger partial charge in [0.05, 0.1) is 0 Å². The maximum atomic E-state index is 11.1. The molecule has 102 valence electrons. The van der Waals surface area contributed by atoms with Gasteiger partial charge in [-0.1, -0.05) is 34.1 Å². The minimum Gasteiger partial charge on any atom is -0.330 e. The molecule has 1 atom stereocenters. The van der Waals surface area contributed by atoms with Gasteiger partial charge in [0.1, 0.15) is 9.84 Å². The maximum Gasteiger partial charge on any atom is 0.147 e. The van der Waals surface area contributed by atoms with E-state index in [9.17, 15) is 8.42 Å². The number of sulfone groups is 1. The molecule has 0 aliphatic carbocycles. The highest BCUT2D eigenvalue weighted by Crippen LogP contribution is 2.21. The minimum absolute atomic E-state index is 0.249. The van der Waals surface area contributed by atoms with Gasteiger partial charge in [0.15, 0.2) is 0 Å². The van der Waals surface area contributed by atoms with Crippen LogP contribution >= 0.6 is 15.9 Å². The van der Waals surface area contributed by atoms with E-state index >= 15 is 0 Å². The average molecular weight is 334 g/mol. The number of rotatable bonds is 7. The number of hydrogen-bond donors (Lipinski definition) is 1. The van der Waals surface area contributed by atoms with Crippen LogP contribution in [0.3, 0.4) is 0 Å². The fourth-order valence-corrected chi connectivity index (χ4v) is 3.05. The Morgan fingerprint density at radius 1 is 1.33 bits per heavy atom. The first-order chi connectivity index (χ1) is 8.42. The van der Waals surface area contributed by atoms with Crippen molar-refractivity contribution in [2.45, 2.75) is 19.3 Å². The molecule has 1 rings (SSSR count). The molecule has 18 heavy (non-hydrogen) atoms. The second-order valence-electron chi connectivity index (χ2n) is 4.67. The van der Waals surface area contributed by atoms with Crippen LogP contribution in [-0.2, 0) is 16.3 Å². The lowest BCUT2D eigenvalue weighted by Crippen LogP contribution is -2.18. The zero-order valence-corrected chi connectivity index (χ0v) is 13.0. The van der Waals surface area contributed by atoms with Crippen molar-refractivity contribution in [1.82, 2.24) is 0 Å². The van der Waals surface area contributed by atoms with Crippen molar-refractivity contribution < 1.29 is 8.42 Å². The Labute approximate surface area is 118 Å².